The highest BCUT2D eigenvalue weighted by Gasteiger charge is 2.46. The van der Waals surface area contributed by atoms with Crippen LogP contribution < -0.4 is 24.4 Å². The van der Waals surface area contributed by atoms with Crippen LogP contribution in [0.3, 0.4) is 0 Å². The van der Waals surface area contributed by atoms with E-state index in [4.69, 9.17) is 28.5 Å². The molecule has 40 heavy (non-hydrogen) atoms. The molecule has 0 spiro atoms. The number of unbranched alkanes of at least 4 members (excludes halogenated alkanes) is 1. The Balaban J connectivity index is 1.43. The van der Waals surface area contributed by atoms with E-state index >= 15 is 0 Å². The van der Waals surface area contributed by atoms with Gasteiger partial charge < -0.3 is 28.5 Å². The summed E-state index contributed by atoms with van der Waals surface area (Å²) in [5.74, 6) is 1.03. The maximum Gasteiger partial charge on any atom is 0.305 e. The molecule has 0 radical (unpaired) electrons. The van der Waals surface area contributed by atoms with Gasteiger partial charge in [-0.05, 0) is 43.2 Å². The molecule has 0 bridgehead atoms. The average molecular weight is 537 g/mol. The zero-order chi connectivity index (χ0) is 27.5. The maximum absolute atomic E-state index is 13.3. The summed E-state index contributed by atoms with van der Waals surface area (Å²) in [6.45, 7) is 0.575. The Kier molecular flexibility index (Phi) is 6.88. The van der Waals surface area contributed by atoms with E-state index in [0.29, 0.717) is 58.3 Å². The normalized spacial score (nSPS) is 13.3. The van der Waals surface area contributed by atoms with Gasteiger partial charge in [-0.15, -0.1) is 0 Å². The molecule has 0 atom stereocenters. The summed E-state index contributed by atoms with van der Waals surface area (Å²) >= 11 is 0. The Morgan fingerprint density at radius 1 is 0.800 bits per heavy atom. The second kappa shape index (κ2) is 10.8. The number of fused-ring (bicyclic) bond motifs is 3. The largest absolute Gasteiger partial charge is 0.493 e. The van der Waals surface area contributed by atoms with Gasteiger partial charge in [0.15, 0.2) is 28.3 Å². The topological polar surface area (TPSA) is 87.4 Å². The van der Waals surface area contributed by atoms with Crippen LogP contribution in [0.5, 0.6) is 23.0 Å². The second-order valence-corrected chi connectivity index (χ2v) is 9.44. The fraction of sp³-hybridized carbons (Fsp3) is 0.182. The van der Waals surface area contributed by atoms with E-state index in [2.05, 4.69) is 0 Å². The minimum Gasteiger partial charge on any atom is -0.493 e. The summed E-state index contributed by atoms with van der Waals surface area (Å²) < 4.78 is 30.9. The second-order valence-electron chi connectivity index (χ2n) is 9.44. The number of methoxy groups -OCH3 is 1. The van der Waals surface area contributed by atoms with Crippen molar-refractivity contribution in [1.82, 2.24) is 0 Å². The van der Waals surface area contributed by atoms with Crippen molar-refractivity contribution in [3.05, 3.63) is 118 Å². The zero-order valence-corrected chi connectivity index (χ0v) is 22.0. The van der Waals surface area contributed by atoms with Crippen molar-refractivity contribution in [3.8, 4) is 34.3 Å². The number of rotatable bonds is 9. The SMILES string of the molecule is COc1cc(-c2cc(=O)c3ccc4c(c3o2)OC(c2ccccc2)(c2ccccc2)O4)ccc1OCCCCO. The molecule has 6 rings (SSSR count). The van der Waals surface area contributed by atoms with Crippen LogP contribution in [0.15, 0.2) is 106 Å². The van der Waals surface area contributed by atoms with E-state index in [-0.39, 0.29) is 12.0 Å². The molecule has 1 aliphatic rings. The molecular weight excluding hydrogens is 508 g/mol. The van der Waals surface area contributed by atoms with Crippen molar-refractivity contribution < 1.29 is 28.5 Å². The van der Waals surface area contributed by atoms with Gasteiger partial charge in [-0.25, -0.2) is 0 Å². The molecule has 0 saturated carbocycles. The Morgan fingerprint density at radius 3 is 2.20 bits per heavy atom. The number of benzene rings is 4. The quantitative estimate of drug-likeness (QED) is 0.222. The number of hydrogen-bond acceptors (Lipinski definition) is 7. The lowest BCUT2D eigenvalue weighted by Gasteiger charge is -2.28. The van der Waals surface area contributed by atoms with Crippen molar-refractivity contribution in [1.29, 1.82) is 0 Å². The average Bonchev–Trinajstić information content (AvgIpc) is 3.42. The van der Waals surface area contributed by atoms with Crippen LogP contribution in [0.25, 0.3) is 22.3 Å². The first kappa shape index (κ1) is 25.5. The summed E-state index contributed by atoms with van der Waals surface area (Å²) in [7, 11) is 1.56. The van der Waals surface area contributed by atoms with E-state index in [9.17, 15) is 4.79 Å². The molecule has 2 heterocycles. The van der Waals surface area contributed by atoms with Gasteiger partial charge in [-0.2, -0.15) is 0 Å². The third-order valence-corrected chi connectivity index (χ3v) is 6.88. The van der Waals surface area contributed by atoms with Gasteiger partial charge >= 0.3 is 5.79 Å². The first-order valence-corrected chi connectivity index (χ1v) is 13.1. The molecule has 1 aliphatic heterocycles. The van der Waals surface area contributed by atoms with E-state index in [1.54, 1.807) is 31.4 Å². The molecule has 0 saturated heterocycles. The van der Waals surface area contributed by atoms with Crippen LogP contribution in [0.2, 0.25) is 0 Å². The molecule has 5 aromatic rings. The minimum absolute atomic E-state index is 0.122. The predicted molar refractivity (Wildman–Crippen MR) is 151 cm³/mol. The summed E-state index contributed by atoms with van der Waals surface area (Å²) in [5, 5.41) is 9.38. The summed E-state index contributed by atoms with van der Waals surface area (Å²) in [6, 6.07) is 29.6. The zero-order valence-electron chi connectivity index (χ0n) is 22.0. The highest BCUT2D eigenvalue weighted by Crippen LogP contribution is 2.50. The molecule has 7 heteroatoms. The Labute approximate surface area is 231 Å². The monoisotopic (exact) mass is 536 g/mol. The molecule has 202 valence electrons. The van der Waals surface area contributed by atoms with Crippen LogP contribution in [-0.4, -0.2) is 25.4 Å². The lowest BCUT2D eigenvalue weighted by molar-refractivity contribution is -0.0456. The number of ether oxygens (including phenoxy) is 4. The van der Waals surface area contributed by atoms with E-state index < -0.39 is 5.79 Å². The first-order chi connectivity index (χ1) is 19.6. The predicted octanol–water partition coefficient (Wildman–Crippen LogP) is 6.29. The van der Waals surface area contributed by atoms with Gasteiger partial charge in [0.25, 0.3) is 0 Å². The smallest absolute Gasteiger partial charge is 0.305 e. The Hall–Kier alpha value is -4.75. The maximum atomic E-state index is 13.3. The van der Waals surface area contributed by atoms with Crippen LogP contribution >= 0.6 is 0 Å². The van der Waals surface area contributed by atoms with Crippen molar-refractivity contribution in [2.24, 2.45) is 0 Å². The third-order valence-electron chi connectivity index (χ3n) is 6.88. The molecule has 4 aromatic carbocycles. The lowest BCUT2D eigenvalue weighted by Crippen LogP contribution is -2.36. The van der Waals surface area contributed by atoms with Gasteiger partial charge in [-0.1, -0.05) is 60.7 Å². The van der Waals surface area contributed by atoms with Crippen molar-refractivity contribution in [3.63, 3.8) is 0 Å². The third kappa shape index (κ3) is 4.54. The van der Waals surface area contributed by atoms with Crippen LogP contribution in [0.4, 0.5) is 0 Å². The summed E-state index contributed by atoms with van der Waals surface area (Å²) in [4.78, 5) is 13.3. The molecule has 0 aliphatic carbocycles. The standard InChI is InChI=1S/C33H28O7/c1-36-30-20-22(14-16-27(30)37-19-9-8-18-34)29-21-26(35)25-15-17-28-32(31(25)38-29)40-33(39-28,23-10-4-2-5-11-23)24-12-6-3-7-13-24/h2-7,10-17,20-21,34H,8-9,18-19H2,1H3. The molecular formula is C33H28O7. The van der Waals surface area contributed by atoms with Gasteiger partial charge in [0.2, 0.25) is 5.75 Å². The van der Waals surface area contributed by atoms with Crippen molar-refractivity contribution in [2.45, 2.75) is 18.6 Å². The molecule has 0 unspecified atom stereocenters. The summed E-state index contributed by atoms with van der Waals surface area (Å²) in [5.41, 5.74) is 2.36. The van der Waals surface area contributed by atoms with Crippen LogP contribution in [0.1, 0.15) is 24.0 Å². The fourth-order valence-corrected chi connectivity index (χ4v) is 4.87. The van der Waals surface area contributed by atoms with E-state index in [0.717, 1.165) is 17.5 Å². The van der Waals surface area contributed by atoms with Crippen molar-refractivity contribution >= 4 is 11.0 Å². The minimum atomic E-state index is -1.24. The molecule has 0 amide bonds. The number of hydrogen-bond donors (Lipinski definition) is 1. The Morgan fingerprint density at radius 2 is 1.52 bits per heavy atom. The molecule has 7 nitrogen and oxygen atoms in total. The number of aliphatic hydroxyl groups is 1. The lowest BCUT2D eigenvalue weighted by atomic mass is 9.97. The summed E-state index contributed by atoms with van der Waals surface area (Å²) in [6.07, 6.45) is 1.39. The molecule has 1 aromatic heterocycles. The molecule has 0 fully saturated rings. The van der Waals surface area contributed by atoms with Gasteiger partial charge in [-0.3, -0.25) is 4.79 Å². The van der Waals surface area contributed by atoms with Gasteiger partial charge in [0.1, 0.15) is 5.76 Å². The first-order valence-electron chi connectivity index (χ1n) is 13.1. The van der Waals surface area contributed by atoms with E-state index in [1.807, 2.05) is 66.7 Å². The van der Waals surface area contributed by atoms with Gasteiger partial charge in [0, 0.05) is 29.4 Å². The fourth-order valence-electron chi connectivity index (χ4n) is 4.87. The highest BCUT2D eigenvalue weighted by molar-refractivity contribution is 5.87. The van der Waals surface area contributed by atoms with Crippen molar-refractivity contribution in [2.75, 3.05) is 20.3 Å². The highest BCUT2D eigenvalue weighted by atomic mass is 16.7. The molecule has 1 N–H and O–H groups in total. The Bertz CT molecular complexity index is 1650. The van der Waals surface area contributed by atoms with Crippen LogP contribution in [-0.2, 0) is 5.79 Å². The number of aliphatic hydroxyl groups excluding tert-OH is 1. The van der Waals surface area contributed by atoms with E-state index in [1.165, 1.54) is 6.07 Å². The van der Waals surface area contributed by atoms with Gasteiger partial charge in [0.05, 0.1) is 19.1 Å². The van der Waals surface area contributed by atoms with Crippen LogP contribution in [0, 0.1) is 0 Å².